The summed E-state index contributed by atoms with van der Waals surface area (Å²) in [7, 11) is 1.71. The Bertz CT molecular complexity index is 431. The Morgan fingerprint density at radius 3 is 2.94 bits per heavy atom. The van der Waals surface area contributed by atoms with Gasteiger partial charge in [0.25, 0.3) is 5.91 Å². The van der Waals surface area contributed by atoms with Crippen LogP contribution < -0.4 is 0 Å². The number of aryl methyl sites for hydroxylation is 1. The van der Waals surface area contributed by atoms with E-state index in [-0.39, 0.29) is 11.6 Å². The molecule has 1 aliphatic rings. The van der Waals surface area contributed by atoms with Gasteiger partial charge in [-0.15, -0.1) is 11.8 Å². The van der Waals surface area contributed by atoms with Crippen LogP contribution in [0.1, 0.15) is 10.5 Å². The van der Waals surface area contributed by atoms with Crippen molar-refractivity contribution in [3.8, 4) is 0 Å². The summed E-state index contributed by atoms with van der Waals surface area (Å²) in [5.41, 5.74) is 0.288. The molecule has 1 saturated heterocycles. The number of carboxylic acids is 1. The van der Waals surface area contributed by atoms with Crippen molar-refractivity contribution in [1.29, 1.82) is 0 Å². The normalized spacial score (nSPS) is 20.1. The van der Waals surface area contributed by atoms with Crippen molar-refractivity contribution in [3.63, 3.8) is 0 Å². The van der Waals surface area contributed by atoms with Gasteiger partial charge in [-0.1, -0.05) is 0 Å². The molecule has 0 saturated carbocycles. The predicted octanol–water partition coefficient (Wildman–Crippen LogP) is 0.0198. The molecule has 0 radical (unpaired) electrons. The summed E-state index contributed by atoms with van der Waals surface area (Å²) in [4.78, 5) is 24.2. The molecule has 1 aromatic rings. The van der Waals surface area contributed by atoms with Gasteiger partial charge in [0.15, 0.2) is 0 Å². The van der Waals surface area contributed by atoms with Crippen LogP contribution in [-0.4, -0.2) is 49.3 Å². The molecule has 6 nitrogen and oxygen atoms in total. The molecular weight excluding hydrogens is 230 g/mol. The number of hydrogen-bond donors (Lipinski definition) is 1. The number of carbonyl (C=O) groups excluding carboxylic acids is 1. The number of carboxylic acid groups (broad SMARTS) is 1. The van der Waals surface area contributed by atoms with Gasteiger partial charge in [0.2, 0.25) is 0 Å². The number of hydrogen-bond acceptors (Lipinski definition) is 4. The van der Waals surface area contributed by atoms with Gasteiger partial charge in [-0.05, 0) is 6.07 Å². The maximum atomic E-state index is 11.9. The van der Waals surface area contributed by atoms with Crippen LogP contribution in [0.5, 0.6) is 0 Å². The molecule has 86 valence electrons. The average molecular weight is 241 g/mol. The highest BCUT2D eigenvalue weighted by atomic mass is 32.2. The van der Waals surface area contributed by atoms with Crippen LogP contribution in [0.25, 0.3) is 0 Å². The van der Waals surface area contributed by atoms with Crippen LogP contribution in [0.4, 0.5) is 0 Å². The molecule has 0 bridgehead atoms. The summed E-state index contributed by atoms with van der Waals surface area (Å²) in [6.45, 7) is 0. The highest BCUT2D eigenvalue weighted by Crippen LogP contribution is 2.22. The molecule has 2 rings (SSSR count). The fourth-order valence-electron chi connectivity index (χ4n) is 1.52. The summed E-state index contributed by atoms with van der Waals surface area (Å²) < 4.78 is 1.52. The van der Waals surface area contributed by atoms with Gasteiger partial charge in [0.05, 0.1) is 5.88 Å². The standard InChI is InChI=1S/C9H11N3O3S/c1-11-3-2-6(10-11)8(13)12-5-16-4-7(12)9(14)15/h2-3,7H,4-5H2,1H3,(H,14,15). The van der Waals surface area contributed by atoms with Gasteiger partial charge < -0.3 is 10.0 Å². The lowest BCUT2D eigenvalue weighted by Crippen LogP contribution is -2.41. The smallest absolute Gasteiger partial charge is 0.327 e. The zero-order chi connectivity index (χ0) is 11.7. The molecule has 2 heterocycles. The summed E-state index contributed by atoms with van der Waals surface area (Å²) in [5, 5.41) is 12.9. The number of amides is 1. The van der Waals surface area contributed by atoms with Crippen molar-refractivity contribution in [2.45, 2.75) is 6.04 Å². The third-order valence-electron chi connectivity index (χ3n) is 2.36. The molecule has 1 unspecified atom stereocenters. The first kappa shape index (κ1) is 11.0. The predicted molar refractivity (Wildman–Crippen MR) is 58.1 cm³/mol. The summed E-state index contributed by atoms with van der Waals surface area (Å²) >= 11 is 1.44. The average Bonchev–Trinajstić information content (AvgIpc) is 2.84. The van der Waals surface area contributed by atoms with Crippen molar-refractivity contribution in [1.82, 2.24) is 14.7 Å². The second-order valence-corrected chi connectivity index (χ2v) is 4.50. The molecule has 0 aromatic carbocycles. The maximum absolute atomic E-state index is 11.9. The van der Waals surface area contributed by atoms with Crippen molar-refractivity contribution in [3.05, 3.63) is 18.0 Å². The highest BCUT2D eigenvalue weighted by molar-refractivity contribution is 7.99. The largest absolute Gasteiger partial charge is 0.480 e. The monoisotopic (exact) mass is 241 g/mol. The van der Waals surface area contributed by atoms with Gasteiger partial charge in [-0.3, -0.25) is 9.48 Å². The molecule has 0 spiro atoms. The van der Waals surface area contributed by atoms with Crippen LogP contribution in [0, 0.1) is 0 Å². The number of rotatable bonds is 2. The van der Waals surface area contributed by atoms with E-state index in [9.17, 15) is 9.59 Å². The summed E-state index contributed by atoms with van der Waals surface area (Å²) in [5.74, 6) is -0.437. The minimum absolute atomic E-state index is 0.288. The Balaban J connectivity index is 2.18. The second-order valence-electron chi connectivity index (χ2n) is 3.50. The van der Waals surface area contributed by atoms with E-state index in [1.807, 2.05) is 0 Å². The number of carbonyl (C=O) groups is 2. The zero-order valence-electron chi connectivity index (χ0n) is 8.66. The SMILES string of the molecule is Cn1ccc(C(=O)N2CSCC2C(=O)O)n1. The van der Waals surface area contributed by atoms with E-state index < -0.39 is 12.0 Å². The first-order valence-corrected chi connectivity index (χ1v) is 5.86. The fraction of sp³-hybridized carbons (Fsp3) is 0.444. The second kappa shape index (κ2) is 4.17. The third kappa shape index (κ3) is 1.90. The topological polar surface area (TPSA) is 75.4 Å². The Labute approximate surface area is 96.2 Å². The molecule has 1 N–H and O–H groups in total. The Morgan fingerprint density at radius 1 is 1.62 bits per heavy atom. The number of thioether (sulfide) groups is 1. The van der Waals surface area contributed by atoms with Crippen LogP contribution >= 0.6 is 11.8 Å². The van der Waals surface area contributed by atoms with Crippen molar-refractivity contribution >= 4 is 23.6 Å². The van der Waals surface area contributed by atoms with Crippen molar-refractivity contribution < 1.29 is 14.7 Å². The van der Waals surface area contributed by atoms with Crippen molar-refractivity contribution in [2.24, 2.45) is 7.05 Å². The molecule has 0 aliphatic carbocycles. The molecule has 1 amide bonds. The van der Waals surface area contributed by atoms with E-state index in [0.29, 0.717) is 11.6 Å². The first-order chi connectivity index (χ1) is 7.59. The van der Waals surface area contributed by atoms with Crippen LogP contribution in [-0.2, 0) is 11.8 Å². The van der Waals surface area contributed by atoms with Gasteiger partial charge in [0.1, 0.15) is 11.7 Å². The Kier molecular flexibility index (Phi) is 2.86. The van der Waals surface area contributed by atoms with E-state index in [0.717, 1.165) is 0 Å². The Hall–Kier alpha value is -1.50. The quantitative estimate of drug-likeness (QED) is 0.790. The Morgan fingerprint density at radius 2 is 2.38 bits per heavy atom. The van der Waals surface area contributed by atoms with Gasteiger partial charge in [-0.2, -0.15) is 5.10 Å². The molecular formula is C9H11N3O3S. The minimum atomic E-state index is -0.964. The van der Waals surface area contributed by atoms with Gasteiger partial charge in [-0.25, -0.2) is 4.79 Å². The molecule has 1 aromatic heterocycles. The van der Waals surface area contributed by atoms with E-state index in [1.165, 1.54) is 21.3 Å². The molecule has 1 atom stereocenters. The minimum Gasteiger partial charge on any atom is -0.480 e. The summed E-state index contributed by atoms with van der Waals surface area (Å²) in [6, 6.07) is 0.851. The van der Waals surface area contributed by atoms with E-state index >= 15 is 0 Å². The molecule has 1 aliphatic heterocycles. The zero-order valence-corrected chi connectivity index (χ0v) is 9.48. The van der Waals surface area contributed by atoms with E-state index in [2.05, 4.69) is 5.10 Å². The maximum Gasteiger partial charge on any atom is 0.327 e. The van der Waals surface area contributed by atoms with Crippen LogP contribution in [0.2, 0.25) is 0 Å². The number of aromatic nitrogens is 2. The van der Waals surface area contributed by atoms with Gasteiger partial charge >= 0.3 is 5.97 Å². The highest BCUT2D eigenvalue weighted by Gasteiger charge is 2.35. The number of aliphatic carboxylic acids is 1. The van der Waals surface area contributed by atoms with Gasteiger partial charge in [0, 0.05) is 19.0 Å². The van der Waals surface area contributed by atoms with Crippen LogP contribution in [0.3, 0.4) is 0 Å². The van der Waals surface area contributed by atoms with E-state index in [4.69, 9.17) is 5.11 Å². The first-order valence-electron chi connectivity index (χ1n) is 4.71. The lowest BCUT2D eigenvalue weighted by molar-refractivity contribution is -0.140. The lowest BCUT2D eigenvalue weighted by Gasteiger charge is -2.18. The van der Waals surface area contributed by atoms with E-state index in [1.54, 1.807) is 19.3 Å². The van der Waals surface area contributed by atoms with Crippen molar-refractivity contribution in [2.75, 3.05) is 11.6 Å². The summed E-state index contributed by atoms with van der Waals surface area (Å²) in [6.07, 6.45) is 1.66. The fourth-order valence-corrected chi connectivity index (χ4v) is 2.67. The molecule has 1 fully saturated rings. The number of nitrogens with zero attached hydrogens (tertiary/aromatic N) is 3. The third-order valence-corrected chi connectivity index (χ3v) is 3.37. The van der Waals surface area contributed by atoms with Crippen LogP contribution in [0.15, 0.2) is 12.3 Å². The molecule has 7 heteroatoms. The lowest BCUT2D eigenvalue weighted by atomic mass is 10.2. The molecule has 16 heavy (non-hydrogen) atoms.